The molecule has 1 amide bonds. The molecule has 5 nitrogen and oxygen atoms in total. The van der Waals surface area contributed by atoms with Gasteiger partial charge in [-0.2, -0.15) is 0 Å². The average molecular weight is 383 g/mol. The summed E-state index contributed by atoms with van der Waals surface area (Å²) in [6.07, 6.45) is 2.18. The molecule has 0 aliphatic carbocycles. The highest BCUT2D eigenvalue weighted by Crippen LogP contribution is 2.18. The Hall–Kier alpha value is -2.37. The number of fused-ring (bicyclic) bond motifs is 1. The second-order valence-electron chi connectivity index (χ2n) is 7.33. The predicted octanol–water partition coefficient (Wildman–Crippen LogP) is 3.32. The first-order valence-corrected chi connectivity index (χ1v) is 10.1. The van der Waals surface area contributed by atoms with Crippen LogP contribution in [-0.2, 0) is 17.7 Å². The number of amides is 1. The van der Waals surface area contributed by atoms with Gasteiger partial charge in [0.1, 0.15) is 12.7 Å². The number of aliphatic hydroxyl groups is 1. The van der Waals surface area contributed by atoms with Gasteiger partial charge in [0, 0.05) is 32.7 Å². The first-order chi connectivity index (χ1) is 13.7. The monoisotopic (exact) mass is 382 g/mol. The molecule has 2 aliphatic heterocycles. The molecule has 1 N–H and O–H groups in total. The average Bonchev–Trinajstić information content (AvgIpc) is 3.29. The van der Waals surface area contributed by atoms with Gasteiger partial charge in [-0.05, 0) is 30.4 Å². The summed E-state index contributed by atoms with van der Waals surface area (Å²) in [4.78, 5) is 15.7. The summed E-state index contributed by atoms with van der Waals surface area (Å²) in [7, 11) is 0. The van der Waals surface area contributed by atoms with E-state index in [2.05, 4.69) is 29.2 Å². The van der Waals surface area contributed by atoms with Crippen LogP contribution >= 0.6 is 0 Å². The molecule has 4 rings (SSSR count). The van der Waals surface area contributed by atoms with Crippen LogP contribution in [0.15, 0.2) is 60.7 Å². The van der Waals surface area contributed by atoms with E-state index in [1.165, 1.54) is 11.1 Å². The molecule has 2 aromatic rings. The Balaban J connectivity index is 0.000000320. The maximum Gasteiger partial charge on any atom is 0.409 e. The van der Waals surface area contributed by atoms with Gasteiger partial charge in [-0.3, -0.25) is 4.90 Å². The van der Waals surface area contributed by atoms with Crippen molar-refractivity contribution >= 4 is 6.09 Å². The maximum atomic E-state index is 11.8. The van der Waals surface area contributed by atoms with Crippen LogP contribution < -0.4 is 0 Å². The lowest BCUT2D eigenvalue weighted by Crippen LogP contribution is -2.39. The molecule has 2 aromatic carbocycles. The van der Waals surface area contributed by atoms with Crippen LogP contribution in [0.3, 0.4) is 0 Å². The van der Waals surface area contributed by atoms with Gasteiger partial charge in [-0.25, -0.2) is 4.79 Å². The van der Waals surface area contributed by atoms with Gasteiger partial charge in [0.2, 0.25) is 0 Å². The topological polar surface area (TPSA) is 53.0 Å². The molecule has 0 radical (unpaired) electrons. The lowest BCUT2D eigenvalue weighted by Gasteiger charge is -2.30. The van der Waals surface area contributed by atoms with Gasteiger partial charge >= 0.3 is 6.09 Å². The molecule has 1 saturated heterocycles. The minimum atomic E-state index is -0.628. The van der Waals surface area contributed by atoms with Crippen molar-refractivity contribution in [2.24, 2.45) is 0 Å². The van der Waals surface area contributed by atoms with Crippen molar-refractivity contribution in [1.82, 2.24) is 9.80 Å². The summed E-state index contributed by atoms with van der Waals surface area (Å²) >= 11 is 0. The third-order valence-corrected chi connectivity index (χ3v) is 5.11. The van der Waals surface area contributed by atoms with Crippen molar-refractivity contribution in [1.29, 1.82) is 0 Å². The summed E-state index contributed by atoms with van der Waals surface area (Å²) in [6.45, 7) is 3.96. The van der Waals surface area contributed by atoms with Crippen LogP contribution in [-0.4, -0.2) is 59.9 Å². The first-order valence-electron chi connectivity index (χ1n) is 10.1. The third kappa shape index (κ3) is 6.36. The van der Waals surface area contributed by atoms with E-state index in [0.29, 0.717) is 6.54 Å². The van der Waals surface area contributed by atoms with E-state index in [1.54, 1.807) is 4.90 Å². The van der Waals surface area contributed by atoms with Gasteiger partial charge in [0.05, 0.1) is 0 Å². The van der Waals surface area contributed by atoms with Gasteiger partial charge in [-0.15, -0.1) is 0 Å². The second kappa shape index (κ2) is 10.8. The Bertz CT molecular complexity index is 690. The molecular formula is C23H30N2O3. The number of likely N-dealkylation sites (tertiary alicyclic amines) is 1. The first kappa shape index (κ1) is 20.4. The van der Waals surface area contributed by atoms with E-state index < -0.39 is 6.10 Å². The molecular weight excluding hydrogens is 352 g/mol. The molecule has 0 saturated carbocycles. The number of rotatable bonds is 4. The van der Waals surface area contributed by atoms with Crippen molar-refractivity contribution in [3.8, 4) is 0 Å². The molecule has 2 heterocycles. The minimum absolute atomic E-state index is 0.0769. The highest BCUT2D eigenvalue weighted by molar-refractivity contribution is 5.67. The minimum Gasteiger partial charge on any atom is -0.447 e. The van der Waals surface area contributed by atoms with Crippen molar-refractivity contribution in [3.05, 3.63) is 71.8 Å². The van der Waals surface area contributed by atoms with E-state index >= 15 is 0 Å². The number of carbonyl (C=O) groups excluding carboxylic acids is 1. The van der Waals surface area contributed by atoms with Crippen molar-refractivity contribution in [3.63, 3.8) is 0 Å². The number of carbonyl (C=O) groups is 1. The molecule has 0 spiro atoms. The number of ether oxygens (including phenoxy) is 1. The lowest BCUT2D eigenvalue weighted by atomic mass is 10.00. The third-order valence-electron chi connectivity index (χ3n) is 5.11. The SMILES string of the molecule is O=C(OCC(O)CN1CCc2ccccc2C1)N1CCCC1.c1ccccc1. The quantitative estimate of drug-likeness (QED) is 0.881. The fraction of sp³-hybridized carbons (Fsp3) is 0.435. The van der Waals surface area contributed by atoms with Gasteiger partial charge < -0.3 is 14.7 Å². The fourth-order valence-corrected chi connectivity index (χ4v) is 3.60. The zero-order valence-electron chi connectivity index (χ0n) is 16.4. The van der Waals surface area contributed by atoms with E-state index in [4.69, 9.17) is 4.74 Å². The van der Waals surface area contributed by atoms with E-state index in [0.717, 1.165) is 45.4 Å². The molecule has 28 heavy (non-hydrogen) atoms. The van der Waals surface area contributed by atoms with Crippen molar-refractivity contribution in [2.45, 2.75) is 31.9 Å². The van der Waals surface area contributed by atoms with Crippen LogP contribution in [0, 0.1) is 0 Å². The predicted molar refractivity (Wildman–Crippen MR) is 110 cm³/mol. The Morgan fingerprint density at radius 1 is 0.929 bits per heavy atom. The van der Waals surface area contributed by atoms with Crippen LogP contribution in [0.1, 0.15) is 24.0 Å². The normalized spacial score (nSPS) is 17.2. The molecule has 1 unspecified atom stereocenters. The van der Waals surface area contributed by atoms with E-state index in [-0.39, 0.29) is 12.7 Å². The molecule has 150 valence electrons. The van der Waals surface area contributed by atoms with Gasteiger partial charge in [0.25, 0.3) is 0 Å². The number of nitrogens with zero attached hydrogens (tertiary/aromatic N) is 2. The standard InChI is InChI=1S/C17H24N2O3.C6H6/c20-16(13-22-17(21)19-8-3-4-9-19)12-18-10-7-14-5-1-2-6-15(14)11-18;1-2-4-6-5-3-1/h1-2,5-6,16,20H,3-4,7-13H2;1-6H. The summed E-state index contributed by atoms with van der Waals surface area (Å²) in [5.74, 6) is 0. The van der Waals surface area contributed by atoms with Crippen LogP contribution in [0.4, 0.5) is 4.79 Å². The Kier molecular flexibility index (Phi) is 7.88. The van der Waals surface area contributed by atoms with Crippen LogP contribution in [0.5, 0.6) is 0 Å². The van der Waals surface area contributed by atoms with Gasteiger partial charge in [0.15, 0.2) is 0 Å². The number of β-amino-alcohol motifs (C(OH)–C–C–N with tert-alkyl or cyclic N) is 1. The van der Waals surface area contributed by atoms with Crippen LogP contribution in [0.2, 0.25) is 0 Å². The van der Waals surface area contributed by atoms with Gasteiger partial charge in [-0.1, -0.05) is 60.7 Å². The highest BCUT2D eigenvalue weighted by atomic mass is 16.6. The molecule has 5 heteroatoms. The molecule has 1 atom stereocenters. The maximum absolute atomic E-state index is 11.8. The number of hydrogen-bond acceptors (Lipinski definition) is 4. The lowest BCUT2D eigenvalue weighted by molar-refractivity contribution is 0.0296. The summed E-state index contributed by atoms with van der Waals surface area (Å²) < 4.78 is 5.21. The number of aliphatic hydroxyl groups excluding tert-OH is 1. The smallest absolute Gasteiger partial charge is 0.409 e. The molecule has 2 aliphatic rings. The zero-order chi connectivity index (χ0) is 19.6. The molecule has 1 fully saturated rings. The zero-order valence-corrected chi connectivity index (χ0v) is 16.4. The highest BCUT2D eigenvalue weighted by Gasteiger charge is 2.22. The largest absolute Gasteiger partial charge is 0.447 e. The Morgan fingerprint density at radius 2 is 1.54 bits per heavy atom. The van der Waals surface area contributed by atoms with Crippen LogP contribution in [0.25, 0.3) is 0 Å². The number of benzene rings is 2. The fourth-order valence-electron chi connectivity index (χ4n) is 3.60. The molecule has 0 bridgehead atoms. The van der Waals surface area contributed by atoms with Crippen molar-refractivity contribution < 1.29 is 14.6 Å². The van der Waals surface area contributed by atoms with E-state index in [9.17, 15) is 9.90 Å². The van der Waals surface area contributed by atoms with Crippen molar-refractivity contribution in [2.75, 3.05) is 32.8 Å². The summed E-state index contributed by atoms with van der Waals surface area (Å²) in [5.41, 5.74) is 2.73. The molecule has 0 aromatic heterocycles. The summed E-state index contributed by atoms with van der Waals surface area (Å²) in [6, 6.07) is 20.4. The summed E-state index contributed by atoms with van der Waals surface area (Å²) in [5, 5.41) is 10.1. The van der Waals surface area contributed by atoms with E-state index in [1.807, 2.05) is 36.4 Å². The second-order valence-corrected chi connectivity index (χ2v) is 7.33. The Labute approximate surface area is 167 Å². The number of hydrogen-bond donors (Lipinski definition) is 1. The Morgan fingerprint density at radius 3 is 2.18 bits per heavy atom.